The smallest absolute Gasteiger partial charge is 0.332 e. The Balaban J connectivity index is 2.81. The molecule has 0 heterocycles. The molecule has 0 radical (unpaired) electrons. The second-order valence-corrected chi connectivity index (χ2v) is 5.00. The molecule has 2 N–H and O–H groups in total. The third kappa shape index (κ3) is 3.55. The monoisotopic (exact) mass is 370 g/mol. The van der Waals surface area contributed by atoms with Crippen molar-refractivity contribution in [1.82, 2.24) is 0 Å². The van der Waals surface area contributed by atoms with Gasteiger partial charge >= 0.3 is 5.97 Å². The molecule has 76 valence electrons. The van der Waals surface area contributed by atoms with E-state index in [4.69, 9.17) is 10.2 Å². The van der Waals surface area contributed by atoms with Crippen LogP contribution in [0.2, 0.25) is 0 Å². The third-order valence-electron chi connectivity index (χ3n) is 1.64. The molecular weight excluding hydrogens is 363 g/mol. The molecule has 0 saturated heterocycles. The second kappa shape index (κ2) is 5.09. The fraction of sp³-hybridized carbons (Fsp3) is 0.222. The van der Waals surface area contributed by atoms with Gasteiger partial charge in [0, 0.05) is 14.5 Å². The van der Waals surface area contributed by atoms with Gasteiger partial charge in [0.15, 0.2) is 6.10 Å². The lowest BCUT2D eigenvalue weighted by Crippen LogP contribution is -2.21. The number of benzene rings is 1. The van der Waals surface area contributed by atoms with Gasteiger partial charge in [-0.25, -0.2) is 4.79 Å². The maximum atomic E-state index is 10.4. The van der Waals surface area contributed by atoms with Crippen LogP contribution in [0.5, 0.6) is 0 Å². The van der Waals surface area contributed by atoms with Crippen molar-refractivity contribution in [1.29, 1.82) is 0 Å². The van der Waals surface area contributed by atoms with E-state index in [0.29, 0.717) is 0 Å². The van der Waals surface area contributed by atoms with Crippen LogP contribution in [0.15, 0.2) is 22.7 Å². The molecule has 0 amide bonds. The summed E-state index contributed by atoms with van der Waals surface area (Å²) < 4.78 is 1.89. The van der Waals surface area contributed by atoms with Gasteiger partial charge in [-0.1, -0.05) is 15.9 Å². The Morgan fingerprint density at radius 2 is 2.14 bits per heavy atom. The summed E-state index contributed by atoms with van der Waals surface area (Å²) in [5, 5.41) is 17.7. The molecule has 0 aromatic heterocycles. The predicted octanol–water partition coefficient (Wildman–Crippen LogP) is 2.04. The van der Waals surface area contributed by atoms with Gasteiger partial charge in [0.1, 0.15) is 0 Å². The molecule has 0 saturated carbocycles. The molecule has 0 fully saturated rings. The van der Waals surface area contributed by atoms with Gasteiger partial charge in [-0.15, -0.1) is 0 Å². The van der Waals surface area contributed by atoms with E-state index >= 15 is 0 Å². The lowest BCUT2D eigenvalue weighted by molar-refractivity contribution is -0.146. The number of aliphatic hydroxyl groups is 1. The van der Waals surface area contributed by atoms with Gasteiger partial charge in [-0.05, 0) is 46.4 Å². The van der Waals surface area contributed by atoms with E-state index in [1.54, 1.807) is 6.07 Å². The Labute approximate surface area is 103 Å². The molecule has 5 heteroatoms. The molecular formula is C9H8BrIO3. The molecule has 0 aliphatic heterocycles. The minimum atomic E-state index is -1.33. The summed E-state index contributed by atoms with van der Waals surface area (Å²) in [6, 6.07) is 5.56. The van der Waals surface area contributed by atoms with Crippen LogP contribution in [0.25, 0.3) is 0 Å². The SMILES string of the molecule is O=C(O)C(O)Cc1cc(Br)cc(I)c1. The van der Waals surface area contributed by atoms with Crippen LogP contribution in [0.4, 0.5) is 0 Å². The van der Waals surface area contributed by atoms with Crippen LogP contribution in [0, 0.1) is 3.57 Å². The van der Waals surface area contributed by atoms with Gasteiger partial charge in [0.25, 0.3) is 0 Å². The van der Waals surface area contributed by atoms with Gasteiger partial charge in [-0.2, -0.15) is 0 Å². The molecule has 1 aromatic rings. The number of carboxylic acids is 1. The Hall–Kier alpha value is -0.140. The number of rotatable bonds is 3. The number of hydrogen-bond donors (Lipinski definition) is 2. The number of carboxylic acid groups (broad SMARTS) is 1. The van der Waals surface area contributed by atoms with Crippen molar-refractivity contribution >= 4 is 44.5 Å². The van der Waals surface area contributed by atoms with Crippen LogP contribution in [0.3, 0.4) is 0 Å². The van der Waals surface area contributed by atoms with Crippen LogP contribution in [-0.4, -0.2) is 22.3 Å². The van der Waals surface area contributed by atoms with Crippen LogP contribution in [0.1, 0.15) is 5.56 Å². The third-order valence-corrected chi connectivity index (χ3v) is 2.72. The zero-order valence-electron chi connectivity index (χ0n) is 7.08. The van der Waals surface area contributed by atoms with Gasteiger partial charge < -0.3 is 10.2 Å². The maximum absolute atomic E-state index is 10.4. The van der Waals surface area contributed by atoms with E-state index < -0.39 is 12.1 Å². The predicted molar refractivity (Wildman–Crippen MR) is 64.2 cm³/mol. The summed E-state index contributed by atoms with van der Waals surface area (Å²) in [7, 11) is 0. The van der Waals surface area contributed by atoms with E-state index in [0.717, 1.165) is 13.6 Å². The average molecular weight is 371 g/mol. The topological polar surface area (TPSA) is 57.5 Å². The summed E-state index contributed by atoms with van der Waals surface area (Å²) >= 11 is 5.44. The highest BCUT2D eigenvalue weighted by atomic mass is 127. The van der Waals surface area contributed by atoms with Crippen molar-refractivity contribution in [2.24, 2.45) is 0 Å². The fourth-order valence-electron chi connectivity index (χ4n) is 1.04. The van der Waals surface area contributed by atoms with Crippen molar-refractivity contribution < 1.29 is 15.0 Å². The summed E-state index contributed by atoms with van der Waals surface area (Å²) in [6.45, 7) is 0. The molecule has 1 aromatic carbocycles. The molecule has 0 aliphatic carbocycles. The van der Waals surface area contributed by atoms with E-state index in [-0.39, 0.29) is 6.42 Å². The molecule has 0 bridgehead atoms. The highest BCUT2D eigenvalue weighted by Crippen LogP contribution is 2.18. The second-order valence-electron chi connectivity index (χ2n) is 2.84. The van der Waals surface area contributed by atoms with Crippen molar-refractivity contribution in [2.45, 2.75) is 12.5 Å². The number of aliphatic carboxylic acids is 1. The Bertz CT molecular complexity index is 334. The first-order chi connectivity index (χ1) is 6.49. The first kappa shape index (κ1) is 11.9. The Kier molecular flexibility index (Phi) is 4.33. The first-order valence-electron chi connectivity index (χ1n) is 3.85. The molecule has 1 rings (SSSR count). The lowest BCUT2D eigenvalue weighted by atomic mass is 10.1. The summed E-state index contributed by atoms with van der Waals surface area (Å²) in [5.41, 5.74) is 0.804. The van der Waals surface area contributed by atoms with E-state index in [1.165, 1.54) is 0 Å². The first-order valence-corrected chi connectivity index (χ1v) is 5.72. The number of aliphatic hydroxyl groups excluding tert-OH is 1. The zero-order chi connectivity index (χ0) is 10.7. The molecule has 0 aliphatic rings. The Morgan fingerprint density at radius 1 is 1.50 bits per heavy atom. The van der Waals surface area contributed by atoms with Gasteiger partial charge in [-0.3, -0.25) is 0 Å². The molecule has 0 spiro atoms. The van der Waals surface area contributed by atoms with Crippen LogP contribution >= 0.6 is 38.5 Å². The fourth-order valence-corrected chi connectivity index (χ4v) is 2.74. The highest BCUT2D eigenvalue weighted by Gasteiger charge is 2.13. The van der Waals surface area contributed by atoms with Crippen molar-refractivity contribution in [3.05, 3.63) is 31.8 Å². The van der Waals surface area contributed by atoms with Crippen molar-refractivity contribution in [3.8, 4) is 0 Å². The summed E-state index contributed by atoms with van der Waals surface area (Å²) in [4.78, 5) is 10.4. The van der Waals surface area contributed by atoms with Gasteiger partial charge in [0.05, 0.1) is 0 Å². The Morgan fingerprint density at radius 3 is 2.64 bits per heavy atom. The van der Waals surface area contributed by atoms with Crippen molar-refractivity contribution in [3.63, 3.8) is 0 Å². The zero-order valence-corrected chi connectivity index (χ0v) is 10.8. The minimum absolute atomic E-state index is 0.130. The number of carbonyl (C=O) groups is 1. The van der Waals surface area contributed by atoms with Crippen LogP contribution in [-0.2, 0) is 11.2 Å². The lowest BCUT2D eigenvalue weighted by Gasteiger charge is -2.06. The largest absolute Gasteiger partial charge is 0.479 e. The highest BCUT2D eigenvalue weighted by molar-refractivity contribution is 14.1. The minimum Gasteiger partial charge on any atom is -0.479 e. The van der Waals surface area contributed by atoms with E-state index in [2.05, 4.69) is 38.5 Å². The summed E-state index contributed by atoms with van der Waals surface area (Å²) in [5.74, 6) is -1.19. The van der Waals surface area contributed by atoms with E-state index in [9.17, 15) is 4.79 Å². The van der Waals surface area contributed by atoms with Gasteiger partial charge in [0.2, 0.25) is 0 Å². The quantitative estimate of drug-likeness (QED) is 0.800. The molecule has 3 nitrogen and oxygen atoms in total. The summed E-state index contributed by atoms with van der Waals surface area (Å²) in [6.07, 6.45) is -1.20. The molecule has 14 heavy (non-hydrogen) atoms. The van der Waals surface area contributed by atoms with Crippen LogP contribution < -0.4 is 0 Å². The van der Waals surface area contributed by atoms with E-state index in [1.807, 2.05) is 12.1 Å². The number of hydrogen-bond acceptors (Lipinski definition) is 2. The number of halogens is 2. The normalized spacial score (nSPS) is 12.5. The molecule has 1 atom stereocenters. The standard InChI is InChI=1S/C9H8BrIO3/c10-6-1-5(2-7(11)4-6)3-8(12)9(13)14/h1-2,4,8,12H,3H2,(H,13,14). The maximum Gasteiger partial charge on any atom is 0.332 e. The molecule has 1 unspecified atom stereocenters. The van der Waals surface area contributed by atoms with Crippen molar-refractivity contribution in [2.75, 3.05) is 0 Å². The average Bonchev–Trinajstić information content (AvgIpc) is 2.01.